The molecule has 170 valence electrons. The molecule has 1 saturated heterocycles. The molecule has 3 aromatic rings. The second-order valence-corrected chi connectivity index (χ2v) is 8.99. The predicted molar refractivity (Wildman–Crippen MR) is 124 cm³/mol. The first-order chi connectivity index (χ1) is 15.4. The fourth-order valence-electron chi connectivity index (χ4n) is 4.27. The van der Waals surface area contributed by atoms with Gasteiger partial charge in [0, 0.05) is 37.4 Å². The van der Waals surface area contributed by atoms with Crippen molar-refractivity contribution in [1.29, 1.82) is 0 Å². The van der Waals surface area contributed by atoms with Crippen molar-refractivity contribution in [2.24, 2.45) is 0 Å². The first-order valence-electron chi connectivity index (χ1n) is 11.0. The molecule has 2 heterocycles. The first kappa shape index (κ1) is 22.1. The summed E-state index contributed by atoms with van der Waals surface area (Å²) in [5, 5.41) is 12.9. The largest absolute Gasteiger partial charge is 0.497 e. The molecule has 0 radical (unpaired) electrons. The minimum absolute atomic E-state index is 0.160. The van der Waals surface area contributed by atoms with Crippen molar-refractivity contribution >= 4 is 5.69 Å². The smallest absolute Gasteiger partial charge is 0.173 e. The Morgan fingerprint density at radius 3 is 2.25 bits per heavy atom. The second-order valence-electron chi connectivity index (χ2n) is 8.99. The lowest BCUT2D eigenvalue weighted by atomic mass is 10.00. The van der Waals surface area contributed by atoms with Crippen LogP contribution in [-0.2, 0) is 5.54 Å². The van der Waals surface area contributed by atoms with Crippen LogP contribution >= 0.6 is 0 Å². The summed E-state index contributed by atoms with van der Waals surface area (Å²) in [6.07, 6.45) is 0. The number of tetrazole rings is 1. The molecule has 0 aliphatic carbocycles. The van der Waals surface area contributed by atoms with Gasteiger partial charge < -0.3 is 14.4 Å². The van der Waals surface area contributed by atoms with Crippen molar-refractivity contribution in [1.82, 2.24) is 25.1 Å². The fourth-order valence-corrected chi connectivity index (χ4v) is 4.27. The van der Waals surface area contributed by atoms with Crippen LogP contribution in [0.4, 0.5) is 5.69 Å². The highest BCUT2D eigenvalue weighted by Gasteiger charge is 2.35. The van der Waals surface area contributed by atoms with Crippen LogP contribution in [-0.4, -0.2) is 65.5 Å². The first-order valence-corrected chi connectivity index (χ1v) is 11.0. The Morgan fingerprint density at radius 1 is 0.906 bits per heavy atom. The van der Waals surface area contributed by atoms with E-state index in [0.29, 0.717) is 0 Å². The highest BCUT2D eigenvalue weighted by atomic mass is 16.5. The van der Waals surface area contributed by atoms with E-state index in [0.717, 1.165) is 49.1 Å². The molecule has 0 bridgehead atoms. The van der Waals surface area contributed by atoms with Gasteiger partial charge in [0.25, 0.3) is 0 Å². The molecule has 2 aromatic carbocycles. The highest BCUT2D eigenvalue weighted by Crippen LogP contribution is 2.38. The maximum absolute atomic E-state index is 5.76. The van der Waals surface area contributed by atoms with Crippen molar-refractivity contribution < 1.29 is 9.47 Å². The molecule has 1 fully saturated rings. The third-order valence-electron chi connectivity index (χ3n) is 5.91. The predicted octanol–water partition coefficient (Wildman–Crippen LogP) is 3.36. The number of hydrogen-bond donors (Lipinski definition) is 0. The Morgan fingerprint density at radius 2 is 1.62 bits per heavy atom. The van der Waals surface area contributed by atoms with Crippen molar-refractivity contribution in [2.45, 2.75) is 32.4 Å². The van der Waals surface area contributed by atoms with E-state index in [1.807, 2.05) is 22.9 Å². The van der Waals surface area contributed by atoms with Crippen LogP contribution < -0.4 is 14.4 Å². The number of anilines is 1. The van der Waals surface area contributed by atoms with Crippen LogP contribution in [0.1, 0.15) is 38.2 Å². The molecule has 4 rings (SSSR count). The maximum Gasteiger partial charge on any atom is 0.173 e. The lowest BCUT2D eigenvalue weighted by Crippen LogP contribution is -2.48. The lowest BCUT2D eigenvalue weighted by molar-refractivity contribution is 0.188. The number of rotatable bonds is 6. The van der Waals surface area contributed by atoms with Crippen molar-refractivity contribution in [3.05, 3.63) is 59.9 Å². The minimum atomic E-state index is -0.255. The number of benzene rings is 2. The van der Waals surface area contributed by atoms with Gasteiger partial charge in [-0.1, -0.05) is 18.2 Å². The van der Waals surface area contributed by atoms with Crippen LogP contribution in [0.3, 0.4) is 0 Å². The van der Waals surface area contributed by atoms with Gasteiger partial charge in [0.1, 0.15) is 17.5 Å². The Kier molecular flexibility index (Phi) is 6.32. The van der Waals surface area contributed by atoms with Crippen molar-refractivity contribution in [3.63, 3.8) is 0 Å². The number of methoxy groups -OCH3 is 2. The second kappa shape index (κ2) is 9.16. The van der Waals surface area contributed by atoms with E-state index in [-0.39, 0.29) is 11.6 Å². The van der Waals surface area contributed by atoms with Crippen LogP contribution in [0.25, 0.3) is 0 Å². The standard InChI is InChI=1S/C24H32N6O2/c1-24(2,3)30-23(25-26-27-30)22(20-17-19(31-4)11-12-21(20)32-5)29-15-13-28(14-16-29)18-9-7-6-8-10-18/h6-12,17,22H,13-16H2,1-5H3/t22-/m0/s1. The monoisotopic (exact) mass is 436 g/mol. The van der Waals surface area contributed by atoms with Crippen molar-refractivity contribution in [2.75, 3.05) is 45.3 Å². The summed E-state index contributed by atoms with van der Waals surface area (Å²) in [7, 11) is 3.38. The van der Waals surface area contributed by atoms with E-state index in [1.165, 1.54) is 5.69 Å². The third-order valence-corrected chi connectivity index (χ3v) is 5.91. The number of para-hydroxylation sites is 1. The zero-order chi connectivity index (χ0) is 22.7. The number of aromatic nitrogens is 4. The number of hydrogen-bond acceptors (Lipinski definition) is 7. The van der Waals surface area contributed by atoms with E-state index in [9.17, 15) is 0 Å². The molecule has 0 saturated carbocycles. The number of ether oxygens (including phenoxy) is 2. The Balaban J connectivity index is 1.73. The van der Waals surface area contributed by atoms with Crippen LogP contribution in [0.2, 0.25) is 0 Å². The summed E-state index contributed by atoms with van der Waals surface area (Å²) >= 11 is 0. The van der Waals surface area contributed by atoms with Gasteiger partial charge in [0.05, 0.1) is 19.8 Å². The molecule has 1 aliphatic heterocycles. The molecule has 0 unspecified atom stereocenters. The molecule has 0 N–H and O–H groups in total. The van der Waals surface area contributed by atoms with Gasteiger partial charge in [-0.25, -0.2) is 4.68 Å². The average Bonchev–Trinajstić information content (AvgIpc) is 3.30. The van der Waals surface area contributed by atoms with E-state index in [4.69, 9.17) is 9.47 Å². The quantitative estimate of drug-likeness (QED) is 0.587. The normalized spacial score (nSPS) is 16.1. The molecular formula is C24H32N6O2. The Hall–Kier alpha value is -3.13. The molecule has 0 amide bonds. The van der Waals surface area contributed by atoms with E-state index < -0.39 is 0 Å². The van der Waals surface area contributed by atoms with E-state index in [1.54, 1.807) is 14.2 Å². The number of nitrogens with zero attached hydrogens (tertiary/aromatic N) is 6. The van der Waals surface area contributed by atoms with Crippen molar-refractivity contribution in [3.8, 4) is 11.5 Å². The highest BCUT2D eigenvalue weighted by molar-refractivity contribution is 5.47. The molecule has 0 spiro atoms. The minimum Gasteiger partial charge on any atom is -0.497 e. The third kappa shape index (κ3) is 4.41. The van der Waals surface area contributed by atoms with Crippen LogP contribution in [0.15, 0.2) is 48.5 Å². The summed E-state index contributed by atoms with van der Waals surface area (Å²) in [6.45, 7) is 9.92. The van der Waals surface area contributed by atoms with E-state index in [2.05, 4.69) is 76.4 Å². The summed E-state index contributed by atoms with van der Waals surface area (Å²) in [5.74, 6) is 2.38. The number of piperazine rings is 1. The molecule has 8 nitrogen and oxygen atoms in total. The molecule has 1 aliphatic rings. The van der Waals surface area contributed by atoms with Gasteiger partial charge in [0.15, 0.2) is 5.82 Å². The SMILES string of the molecule is COc1ccc(OC)c([C@@H](c2nnnn2C(C)(C)C)N2CCN(c3ccccc3)CC2)c1. The summed E-state index contributed by atoms with van der Waals surface area (Å²) in [6, 6.07) is 16.3. The maximum atomic E-state index is 5.76. The van der Waals surface area contributed by atoms with Gasteiger partial charge >= 0.3 is 0 Å². The van der Waals surface area contributed by atoms with Gasteiger partial charge in [-0.15, -0.1) is 5.10 Å². The fraction of sp³-hybridized carbons (Fsp3) is 0.458. The molecule has 1 aromatic heterocycles. The Bertz CT molecular complexity index is 1020. The molecule has 1 atom stereocenters. The summed E-state index contributed by atoms with van der Waals surface area (Å²) < 4.78 is 13.2. The average molecular weight is 437 g/mol. The lowest BCUT2D eigenvalue weighted by Gasteiger charge is -2.40. The van der Waals surface area contributed by atoms with E-state index >= 15 is 0 Å². The summed E-state index contributed by atoms with van der Waals surface area (Å²) in [4.78, 5) is 4.85. The zero-order valence-corrected chi connectivity index (χ0v) is 19.5. The zero-order valence-electron chi connectivity index (χ0n) is 19.5. The molecule has 32 heavy (non-hydrogen) atoms. The van der Waals surface area contributed by atoms with Gasteiger partial charge in [-0.2, -0.15) is 0 Å². The topological polar surface area (TPSA) is 68.5 Å². The van der Waals surface area contributed by atoms with Gasteiger partial charge in [-0.05, 0) is 61.5 Å². The Labute approximate surface area is 189 Å². The molecular weight excluding hydrogens is 404 g/mol. The molecule has 8 heteroatoms. The van der Waals surface area contributed by atoms with Gasteiger partial charge in [-0.3, -0.25) is 4.90 Å². The van der Waals surface area contributed by atoms with Gasteiger partial charge in [0.2, 0.25) is 0 Å². The van der Waals surface area contributed by atoms with Crippen LogP contribution in [0.5, 0.6) is 11.5 Å². The summed E-state index contributed by atoms with van der Waals surface area (Å²) in [5.41, 5.74) is 2.00. The van der Waals surface area contributed by atoms with Crippen LogP contribution in [0, 0.1) is 0 Å².